The van der Waals surface area contributed by atoms with Gasteiger partial charge < -0.3 is 18.9 Å². The number of carbonyl (C=O) groups excluding carboxylic acids is 1. The molecule has 0 aromatic heterocycles. The van der Waals surface area contributed by atoms with Gasteiger partial charge in [-0.25, -0.2) is 0 Å². The molecule has 3 aliphatic rings. The van der Waals surface area contributed by atoms with E-state index in [4.69, 9.17) is 18.9 Å². The highest BCUT2D eigenvalue weighted by Crippen LogP contribution is 2.59. The molecule has 5 heteroatoms. The average molecular weight is 212 g/mol. The van der Waals surface area contributed by atoms with Crippen LogP contribution >= 0.6 is 0 Å². The Balaban J connectivity index is 2.18. The number of ether oxygens (including phenoxy) is 4. The van der Waals surface area contributed by atoms with Gasteiger partial charge in [-0.3, -0.25) is 4.79 Å². The SMILES string of the molecule is COC1(OC)C2C=C3OC(=O)C1C3(C)O2. The Bertz CT molecular complexity index is 370. The van der Waals surface area contributed by atoms with E-state index in [9.17, 15) is 4.79 Å². The number of fused-ring (bicyclic) bond motifs is 1. The lowest BCUT2D eigenvalue weighted by atomic mass is 9.80. The van der Waals surface area contributed by atoms with Crippen LogP contribution in [0.3, 0.4) is 0 Å². The highest BCUT2D eigenvalue weighted by Gasteiger charge is 2.75. The molecule has 0 aromatic rings. The molecule has 3 unspecified atom stereocenters. The van der Waals surface area contributed by atoms with Crippen molar-refractivity contribution in [2.45, 2.75) is 24.4 Å². The first-order chi connectivity index (χ1) is 7.08. The second-order valence-corrected chi connectivity index (χ2v) is 4.16. The van der Waals surface area contributed by atoms with Crippen LogP contribution in [0.5, 0.6) is 0 Å². The van der Waals surface area contributed by atoms with E-state index in [1.165, 1.54) is 14.2 Å². The summed E-state index contributed by atoms with van der Waals surface area (Å²) in [7, 11) is 3.02. The van der Waals surface area contributed by atoms with Crippen LogP contribution in [0, 0.1) is 5.92 Å². The Morgan fingerprint density at radius 2 is 2.07 bits per heavy atom. The van der Waals surface area contributed by atoms with Crippen molar-refractivity contribution < 1.29 is 23.7 Å². The molecule has 2 bridgehead atoms. The third-order valence-corrected chi connectivity index (χ3v) is 3.60. The number of hydrogen-bond donors (Lipinski definition) is 0. The zero-order valence-electron chi connectivity index (χ0n) is 8.77. The molecule has 0 spiro atoms. The van der Waals surface area contributed by atoms with Crippen LogP contribution in [0.25, 0.3) is 0 Å². The Morgan fingerprint density at radius 1 is 1.40 bits per heavy atom. The Kier molecular flexibility index (Phi) is 1.51. The molecule has 3 atom stereocenters. The van der Waals surface area contributed by atoms with E-state index in [1.54, 1.807) is 6.08 Å². The minimum atomic E-state index is -1.04. The minimum absolute atomic E-state index is 0.340. The van der Waals surface area contributed by atoms with Crippen molar-refractivity contribution in [1.29, 1.82) is 0 Å². The van der Waals surface area contributed by atoms with Crippen molar-refractivity contribution in [3.8, 4) is 0 Å². The molecule has 0 N–H and O–H groups in total. The summed E-state index contributed by atoms with van der Waals surface area (Å²) >= 11 is 0. The Hall–Kier alpha value is -0.910. The van der Waals surface area contributed by atoms with Crippen molar-refractivity contribution in [1.82, 2.24) is 0 Å². The third kappa shape index (κ3) is 0.758. The van der Waals surface area contributed by atoms with Crippen molar-refractivity contribution in [2.24, 2.45) is 5.92 Å². The van der Waals surface area contributed by atoms with Crippen LogP contribution in [-0.2, 0) is 23.7 Å². The molecular weight excluding hydrogens is 200 g/mol. The lowest BCUT2D eigenvalue weighted by molar-refractivity contribution is -0.240. The standard InChI is InChI=1S/C10H12O5/c1-9-5-4-6(15-9)10(12-2,13-3)7(9)8(11)14-5/h4,6-7H,1-3H3. The molecule has 3 aliphatic heterocycles. The molecule has 0 amide bonds. The zero-order chi connectivity index (χ0) is 10.8. The van der Waals surface area contributed by atoms with E-state index in [-0.39, 0.29) is 12.1 Å². The Morgan fingerprint density at radius 3 is 2.67 bits per heavy atom. The molecular formula is C10H12O5. The van der Waals surface area contributed by atoms with Crippen LogP contribution < -0.4 is 0 Å². The fourth-order valence-corrected chi connectivity index (χ4v) is 2.86. The molecule has 82 valence electrons. The lowest BCUT2D eigenvalue weighted by Gasteiger charge is -2.33. The maximum atomic E-state index is 11.7. The van der Waals surface area contributed by atoms with Crippen LogP contribution in [-0.4, -0.2) is 37.7 Å². The summed E-state index contributed by atoms with van der Waals surface area (Å²) in [5, 5.41) is 0. The molecule has 0 aliphatic carbocycles. The van der Waals surface area contributed by atoms with Gasteiger partial charge >= 0.3 is 5.97 Å². The lowest BCUT2D eigenvalue weighted by Crippen LogP contribution is -2.52. The molecule has 15 heavy (non-hydrogen) atoms. The topological polar surface area (TPSA) is 54.0 Å². The summed E-state index contributed by atoms with van der Waals surface area (Å²) < 4.78 is 21.6. The quantitative estimate of drug-likeness (QED) is 0.483. The summed E-state index contributed by atoms with van der Waals surface area (Å²) in [6, 6.07) is 0. The fraction of sp³-hybridized carbons (Fsp3) is 0.700. The number of hydrogen-bond acceptors (Lipinski definition) is 5. The number of rotatable bonds is 2. The normalized spacial score (nSPS) is 44.5. The smallest absolute Gasteiger partial charge is 0.323 e. The van der Waals surface area contributed by atoms with E-state index in [0.717, 1.165) is 0 Å². The summed E-state index contributed by atoms with van der Waals surface area (Å²) in [6.45, 7) is 1.83. The summed E-state index contributed by atoms with van der Waals surface area (Å²) in [5.41, 5.74) is -0.715. The van der Waals surface area contributed by atoms with E-state index in [2.05, 4.69) is 0 Å². The van der Waals surface area contributed by atoms with Crippen LogP contribution in [0.1, 0.15) is 6.92 Å². The van der Waals surface area contributed by atoms with Gasteiger partial charge in [0.1, 0.15) is 23.4 Å². The van der Waals surface area contributed by atoms with E-state index >= 15 is 0 Å². The highest BCUT2D eigenvalue weighted by atomic mass is 16.7. The van der Waals surface area contributed by atoms with Crippen molar-refractivity contribution in [3.63, 3.8) is 0 Å². The van der Waals surface area contributed by atoms with Gasteiger partial charge in [-0.2, -0.15) is 0 Å². The maximum absolute atomic E-state index is 11.7. The largest absolute Gasteiger partial charge is 0.428 e. The van der Waals surface area contributed by atoms with E-state index in [1.807, 2.05) is 6.92 Å². The summed E-state index contributed by atoms with van der Waals surface area (Å²) in [5.74, 6) is -1.32. The number of carbonyl (C=O) groups is 1. The van der Waals surface area contributed by atoms with Crippen molar-refractivity contribution >= 4 is 5.97 Å². The second kappa shape index (κ2) is 2.42. The van der Waals surface area contributed by atoms with E-state index in [0.29, 0.717) is 5.76 Å². The third-order valence-electron chi connectivity index (χ3n) is 3.60. The first kappa shape index (κ1) is 9.33. The monoisotopic (exact) mass is 212 g/mol. The molecule has 0 saturated carbocycles. The van der Waals surface area contributed by atoms with Gasteiger partial charge in [0, 0.05) is 14.2 Å². The van der Waals surface area contributed by atoms with Gasteiger partial charge in [-0.05, 0) is 13.0 Å². The summed E-state index contributed by atoms with van der Waals surface area (Å²) in [6.07, 6.45) is 1.39. The molecule has 3 heterocycles. The highest BCUT2D eigenvalue weighted by molar-refractivity contribution is 5.83. The number of methoxy groups -OCH3 is 2. The van der Waals surface area contributed by atoms with Crippen LogP contribution in [0.15, 0.2) is 11.8 Å². The fourth-order valence-electron chi connectivity index (χ4n) is 2.86. The molecule has 2 fully saturated rings. The van der Waals surface area contributed by atoms with Gasteiger partial charge in [0.15, 0.2) is 0 Å². The first-order valence-corrected chi connectivity index (χ1v) is 4.80. The zero-order valence-corrected chi connectivity index (χ0v) is 8.77. The van der Waals surface area contributed by atoms with Crippen LogP contribution in [0.4, 0.5) is 0 Å². The molecule has 0 radical (unpaired) electrons. The molecule has 0 aromatic carbocycles. The summed E-state index contributed by atoms with van der Waals surface area (Å²) in [4.78, 5) is 11.7. The molecule has 5 nitrogen and oxygen atoms in total. The Labute approximate surface area is 86.9 Å². The molecule has 2 saturated heterocycles. The molecule has 3 rings (SSSR count). The van der Waals surface area contributed by atoms with Gasteiger partial charge in [0.25, 0.3) is 0 Å². The van der Waals surface area contributed by atoms with Gasteiger partial charge in [0.05, 0.1) is 0 Å². The van der Waals surface area contributed by atoms with Gasteiger partial charge in [-0.1, -0.05) is 0 Å². The first-order valence-electron chi connectivity index (χ1n) is 4.80. The van der Waals surface area contributed by atoms with Crippen molar-refractivity contribution in [2.75, 3.05) is 14.2 Å². The van der Waals surface area contributed by atoms with Gasteiger partial charge in [-0.15, -0.1) is 0 Å². The minimum Gasteiger partial charge on any atom is -0.428 e. The van der Waals surface area contributed by atoms with Crippen LogP contribution in [0.2, 0.25) is 0 Å². The van der Waals surface area contributed by atoms with E-state index < -0.39 is 17.3 Å². The second-order valence-electron chi connectivity index (χ2n) is 4.16. The predicted octanol–water partition coefficient (Wildman–Crippen LogP) is 0.204. The number of esters is 1. The predicted molar refractivity (Wildman–Crippen MR) is 47.7 cm³/mol. The maximum Gasteiger partial charge on any atom is 0.323 e. The van der Waals surface area contributed by atoms with Crippen molar-refractivity contribution in [3.05, 3.63) is 11.8 Å². The van der Waals surface area contributed by atoms with Gasteiger partial charge in [0.2, 0.25) is 5.79 Å². The average Bonchev–Trinajstić information content (AvgIpc) is 2.68.